The van der Waals surface area contributed by atoms with Crippen molar-refractivity contribution in [2.75, 3.05) is 0 Å². The summed E-state index contributed by atoms with van der Waals surface area (Å²) in [6.45, 7) is 3.53. The Kier molecular flexibility index (Phi) is 2.46. The van der Waals surface area contributed by atoms with Gasteiger partial charge in [-0.25, -0.2) is 14.4 Å². The van der Waals surface area contributed by atoms with E-state index < -0.39 is 0 Å². The van der Waals surface area contributed by atoms with E-state index in [1.807, 2.05) is 6.07 Å². The topological polar surface area (TPSA) is 25.8 Å². The normalized spacial score (nSPS) is 10.3. The summed E-state index contributed by atoms with van der Waals surface area (Å²) in [5, 5.41) is 0. The van der Waals surface area contributed by atoms with Crippen LogP contribution in [-0.2, 0) is 0 Å². The van der Waals surface area contributed by atoms with Crippen LogP contribution >= 0.6 is 0 Å². The average Bonchev–Trinajstić information content (AvgIpc) is 2.22. The first-order chi connectivity index (χ1) is 7.18. The molecule has 0 unspecified atom stereocenters. The third kappa shape index (κ3) is 1.86. The minimum absolute atomic E-state index is 0.212. The van der Waals surface area contributed by atoms with Crippen LogP contribution in [0.4, 0.5) is 4.39 Å². The zero-order valence-corrected chi connectivity index (χ0v) is 8.66. The molecule has 0 saturated heterocycles. The van der Waals surface area contributed by atoms with E-state index >= 15 is 0 Å². The molecule has 0 amide bonds. The van der Waals surface area contributed by atoms with Crippen LogP contribution in [0.5, 0.6) is 0 Å². The van der Waals surface area contributed by atoms with Gasteiger partial charge in [0.15, 0.2) is 0 Å². The molecule has 3 heteroatoms. The third-order valence-electron chi connectivity index (χ3n) is 2.24. The molecule has 0 atom stereocenters. The molecule has 0 aliphatic carbocycles. The Hall–Kier alpha value is -1.77. The van der Waals surface area contributed by atoms with Crippen molar-refractivity contribution in [3.8, 4) is 11.3 Å². The molecule has 2 aromatic rings. The standard InChI is InChI=1S/C12H11FN2/c1-8-4-3-5-10(12(8)13)11-6-7-14-9(2)15-11/h3-7H,1-2H3. The number of rotatable bonds is 1. The summed E-state index contributed by atoms with van der Waals surface area (Å²) in [4.78, 5) is 8.18. The highest BCUT2D eigenvalue weighted by Gasteiger charge is 2.08. The molecule has 1 aromatic heterocycles. The summed E-state index contributed by atoms with van der Waals surface area (Å²) < 4.78 is 13.8. The van der Waals surface area contributed by atoms with Crippen LogP contribution < -0.4 is 0 Å². The highest BCUT2D eigenvalue weighted by Crippen LogP contribution is 2.22. The fourth-order valence-electron chi connectivity index (χ4n) is 1.45. The Morgan fingerprint density at radius 3 is 2.67 bits per heavy atom. The highest BCUT2D eigenvalue weighted by atomic mass is 19.1. The molecule has 2 rings (SSSR count). The first kappa shape index (κ1) is 9.77. The maximum absolute atomic E-state index is 13.8. The van der Waals surface area contributed by atoms with E-state index in [9.17, 15) is 4.39 Å². The van der Waals surface area contributed by atoms with E-state index in [0.717, 1.165) is 0 Å². The molecule has 15 heavy (non-hydrogen) atoms. The van der Waals surface area contributed by atoms with Crippen LogP contribution in [0.3, 0.4) is 0 Å². The van der Waals surface area contributed by atoms with Crippen molar-refractivity contribution in [1.29, 1.82) is 0 Å². The van der Waals surface area contributed by atoms with Crippen molar-refractivity contribution >= 4 is 0 Å². The Labute approximate surface area is 87.8 Å². The molecule has 0 spiro atoms. The predicted molar refractivity (Wildman–Crippen MR) is 56.9 cm³/mol. The first-order valence-corrected chi connectivity index (χ1v) is 4.73. The summed E-state index contributed by atoms with van der Waals surface area (Å²) in [5.41, 5.74) is 1.79. The Balaban J connectivity index is 2.59. The second-order valence-corrected chi connectivity index (χ2v) is 3.43. The summed E-state index contributed by atoms with van der Waals surface area (Å²) in [6.07, 6.45) is 1.64. The number of hydrogen-bond acceptors (Lipinski definition) is 2. The van der Waals surface area contributed by atoms with Crippen molar-refractivity contribution in [3.05, 3.63) is 47.7 Å². The largest absolute Gasteiger partial charge is 0.242 e. The molecule has 0 saturated carbocycles. The molecule has 0 fully saturated rings. The third-order valence-corrected chi connectivity index (χ3v) is 2.24. The van der Waals surface area contributed by atoms with Gasteiger partial charge in [0.05, 0.1) is 5.69 Å². The van der Waals surface area contributed by atoms with Crippen molar-refractivity contribution < 1.29 is 4.39 Å². The smallest absolute Gasteiger partial charge is 0.135 e. The molecule has 0 aliphatic rings. The van der Waals surface area contributed by atoms with E-state index in [0.29, 0.717) is 22.6 Å². The molecule has 1 aromatic carbocycles. The van der Waals surface area contributed by atoms with E-state index in [1.54, 1.807) is 38.2 Å². The van der Waals surface area contributed by atoms with Gasteiger partial charge in [-0.15, -0.1) is 0 Å². The van der Waals surface area contributed by atoms with Gasteiger partial charge in [0.25, 0.3) is 0 Å². The van der Waals surface area contributed by atoms with Gasteiger partial charge in [0, 0.05) is 11.8 Å². The summed E-state index contributed by atoms with van der Waals surface area (Å²) in [7, 11) is 0. The maximum atomic E-state index is 13.8. The lowest BCUT2D eigenvalue weighted by atomic mass is 10.1. The average molecular weight is 202 g/mol. The highest BCUT2D eigenvalue weighted by molar-refractivity contribution is 5.60. The second kappa shape index (κ2) is 3.77. The van der Waals surface area contributed by atoms with Crippen LogP contribution in [0.25, 0.3) is 11.3 Å². The monoisotopic (exact) mass is 202 g/mol. The first-order valence-electron chi connectivity index (χ1n) is 4.73. The predicted octanol–water partition coefficient (Wildman–Crippen LogP) is 2.90. The van der Waals surface area contributed by atoms with Gasteiger partial charge in [-0.2, -0.15) is 0 Å². The summed E-state index contributed by atoms with van der Waals surface area (Å²) in [6, 6.07) is 7.01. The lowest BCUT2D eigenvalue weighted by molar-refractivity contribution is 0.621. The van der Waals surface area contributed by atoms with Gasteiger partial charge in [0.2, 0.25) is 0 Å². The van der Waals surface area contributed by atoms with Crippen LogP contribution in [-0.4, -0.2) is 9.97 Å². The van der Waals surface area contributed by atoms with Crippen molar-refractivity contribution in [3.63, 3.8) is 0 Å². The molecular weight excluding hydrogens is 191 g/mol. The van der Waals surface area contributed by atoms with E-state index in [-0.39, 0.29) is 5.82 Å². The fourth-order valence-corrected chi connectivity index (χ4v) is 1.45. The minimum atomic E-state index is -0.212. The Morgan fingerprint density at radius 1 is 1.13 bits per heavy atom. The number of halogens is 1. The SMILES string of the molecule is Cc1nccc(-c2cccc(C)c2F)n1. The van der Waals surface area contributed by atoms with Crippen molar-refractivity contribution in [1.82, 2.24) is 9.97 Å². The summed E-state index contributed by atoms with van der Waals surface area (Å²) >= 11 is 0. The van der Waals surface area contributed by atoms with Gasteiger partial charge >= 0.3 is 0 Å². The lowest BCUT2D eigenvalue weighted by Crippen LogP contribution is -1.93. The number of aryl methyl sites for hydroxylation is 2. The van der Waals surface area contributed by atoms with Crippen LogP contribution in [0.2, 0.25) is 0 Å². The second-order valence-electron chi connectivity index (χ2n) is 3.43. The molecule has 0 radical (unpaired) electrons. The van der Waals surface area contributed by atoms with Gasteiger partial charge < -0.3 is 0 Å². The van der Waals surface area contributed by atoms with E-state index in [4.69, 9.17) is 0 Å². The number of hydrogen-bond donors (Lipinski definition) is 0. The fraction of sp³-hybridized carbons (Fsp3) is 0.167. The van der Waals surface area contributed by atoms with Crippen LogP contribution in [0, 0.1) is 19.7 Å². The van der Waals surface area contributed by atoms with Gasteiger partial charge in [-0.3, -0.25) is 0 Å². The van der Waals surface area contributed by atoms with Gasteiger partial charge in [-0.05, 0) is 31.5 Å². The lowest BCUT2D eigenvalue weighted by Gasteiger charge is -2.04. The van der Waals surface area contributed by atoms with Crippen molar-refractivity contribution in [2.24, 2.45) is 0 Å². The Morgan fingerprint density at radius 2 is 1.93 bits per heavy atom. The quantitative estimate of drug-likeness (QED) is 0.710. The van der Waals surface area contributed by atoms with Gasteiger partial charge in [-0.1, -0.05) is 12.1 Å². The molecule has 0 aliphatic heterocycles. The minimum Gasteiger partial charge on any atom is -0.242 e. The molecular formula is C12H11FN2. The molecule has 1 heterocycles. The van der Waals surface area contributed by atoms with Crippen molar-refractivity contribution in [2.45, 2.75) is 13.8 Å². The van der Waals surface area contributed by atoms with Gasteiger partial charge in [0.1, 0.15) is 11.6 Å². The van der Waals surface area contributed by atoms with E-state index in [2.05, 4.69) is 9.97 Å². The maximum Gasteiger partial charge on any atom is 0.135 e. The molecule has 2 nitrogen and oxygen atoms in total. The molecule has 0 bridgehead atoms. The van der Waals surface area contributed by atoms with E-state index in [1.165, 1.54) is 0 Å². The molecule has 0 N–H and O–H groups in total. The zero-order valence-electron chi connectivity index (χ0n) is 8.66. The number of benzene rings is 1. The van der Waals surface area contributed by atoms with Crippen LogP contribution in [0.1, 0.15) is 11.4 Å². The number of aromatic nitrogens is 2. The summed E-state index contributed by atoms with van der Waals surface area (Å²) in [5.74, 6) is 0.434. The number of nitrogens with zero attached hydrogens (tertiary/aromatic N) is 2. The van der Waals surface area contributed by atoms with Crippen LogP contribution in [0.15, 0.2) is 30.5 Å². The Bertz CT molecular complexity index is 495. The molecule has 76 valence electrons. The zero-order chi connectivity index (χ0) is 10.8.